The molecule has 1 aliphatic heterocycles. The second-order valence-corrected chi connectivity index (χ2v) is 6.01. The molecule has 1 aliphatic rings. The number of nitrogens with one attached hydrogen (secondary N) is 2. The molecule has 0 unspecified atom stereocenters. The summed E-state index contributed by atoms with van der Waals surface area (Å²) < 4.78 is 0. The van der Waals surface area contributed by atoms with Gasteiger partial charge in [-0.1, -0.05) is 12.1 Å². The number of carbonyl (C=O) groups is 2. The number of benzene rings is 1. The lowest BCUT2D eigenvalue weighted by atomic mass is 10.2. The van der Waals surface area contributed by atoms with Crippen LogP contribution in [0.1, 0.15) is 24.8 Å². The van der Waals surface area contributed by atoms with Crippen molar-refractivity contribution in [3.8, 4) is 0 Å². The van der Waals surface area contributed by atoms with Crippen LogP contribution in [0.5, 0.6) is 0 Å². The van der Waals surface area contributed by atoms with E-state index in [0.29, 0.717) is 19.5 Å². The Hall–Kier alpha value is -2.24. The quantitative estimate of drug-likeness (QED) is 0.837. The van der Waals surface area contributed by atoms with Crippen LogP contribution in [0, 0.1) is 0 Å². The molecule has 0 aromatic heterocycles. The number of nitrogens with zero attached hydrogens (tertiary/aromatic N) is 2. The Morgan fingerprint density at radius 3 is 2.61 bits per heavy atom. The van der Waals surface area contributed by atoms with Crippen LogP contribution in [0.25, 0.3) is 0 Å². The molecule has 23 heavy (non-hydrogen) atoms. The number of anilines is 1. The zero-order chi connectivity index (χ0) is 16.7. The molecule has 6 heteroatoms. The van der Waals surface area contributed by atoms with Crippen LogP contribution in [-0.2, 0) is 11.3 Å². The van der Waals surface area contributed by atoms with E-state index in [0.717, 1.165) is 37.2 Å². The standard InChI is InChI=1S/C17H26N4O2/c1-20(2)15-7-5-6-14(12-15)13-19-17(23)18-9-8-16(22)21-10-3-4-11-21/h5-7,12H,3-4,8-11,13H2,1-2H3,(H2,18,19,23). The van der Waals surface area contributed by atoms with Gasteiger partial charge in [0.25, 0.3) is 0 Å². The minimum absolute atomic E-state index is 0.126. The first kappa shape index (κ1) is 17.1. The molecule has 0 radical (unpaired) electrons. The van der Waals surface area contributed by atoms with Crippen molar-refractivity contribution in [1.29, 1.82) is 0 Å². The summed E-state index contributed by atoms with van der Waals surface area (Å²) in [5, 5.41) is 5.55. The Bertz CT molecular complexity index is 539. The van der Waals surface area contributed by atoms with E-state index >= 15 is 0 Å². The van der Waals surface area contributed by atoms with Crippen molar-refractivity contribution < 1.29 is 9.59 Å². The highest BCUT2D eigenvalue weighted by atomic mass is 16.2. The summed E-state index contributed by atoms with van der Waals surface area (Å²) in [5.41, 5.74) is 2.14. The summed E-state index contributed by atoms with van der Waals surface area (Å²) >= 11 is 0. The van der Waals surface area contributed by atoms with Gasteiger partial charge in [-0.25, -0.2) is 4.79 Å². The minimum atomic E-state index is -0.241. The second kappa shape index (κ2) is 8.41. The highest BCUT2D eigenvalue weighted by Gasteiger charge is 2.17. The lowest BCUT2D eigenvalue weighted by Crippen LogP contribution is -2.38. The number of likely N-dealkylation sites (tertiary alicyclic amines) is 1. The fraction of sp³-hybridized carbons (Fsp3) is 0.529. The monoisotopic (exact) mass is 318 g/mol. The first-order valence-electron chi connectivity index (χ1n) is 8.12. The molecule has 0 bridgehead atoms. The van der Waals surface area contributed by atoms with Crippen molar-refractivity contribution in [2.24, 2.45) is 0 Å². The lowest BCUT2D eigenvalue weighted by molar-refractivity contribution is -0.129. The number of urea groups is 1. The van der Waals surface area contributed by atoms with Gasteiger partial charge in [0.2, 0.25) is 5.91 Å². The molecule has 3 amide bonds. The number of amides is 3. The molecule has 1 saturated heterocycles. The third kappa shape index (κ3) is 5.47. The first-order valence-corrected chi connectivity index (χ1v) is 8.12. The smallest absolute Gasteiger partial charge is 0.315 e. The van der Waals surface area contributed by atoms with E-state index in [-0.39, 0.29) is 11.9 Å². The van der Waals surface area contributed by atoms with E-state index in [2.05, 4.69) is 10.6 Å². The number of carbonyl (C=O) groups excluding carboxylic acids is 2. The summed E-state index contributed by atoms with van der Waals surface area (Å²) in [6.07, 6.45) is 2.54. The molecule has 6 nitrogen and oxygen atoms in total. The van der Waals surface area contributed by atoms with Crippen molar-refractivity contribution in [1.82, 2.24) is 15.5 Å². The van der Waals surface area contributed by atoms with Gasteiger partial charge in [0.15, 0.2) is 0 Å². The Balaban J connectivity index is 1.66. The van der Waals surface area contributed by atoms with Crippen LogP contribution in [0.4, 0.5) is 10.5 Å². The van der Waals surface area contributed by atoms with E-state index in [1.54, 1.807) is 0 Å². The summed E-state index contributed by atoms with van der Waals surface area (Å²) in [6.45, 7) is 2.55. The predicted molar refractivity (Wildman–Crippen MR) is 91.4 cm³/mol. The highest BCUT2D eigenvalue weighted by molar-refractivity contribution is 5.78. The molecule has 1 heterocycles. The van der Waals surface area contributed by atoms with Crippen LogP contribution < -0.4 is 15.5 Å². The van der Waals surface area contributed by atoms with Crippen molar-refractivity contribution in [3.05, 3.63) is 29.8 Å². The summed E-state index contributed by atoms with van der Waals surface area (Å²) in [6, 6.07) is 7.77. The van der Waals surface area contributed by atoms with Crippen LogP contribution in [-0.4, -0.2) is 50.6 Å². The molecule has 0 spiro atoms. The summed E-state index contributed by atoms with van der Waals surface area (Å²) in [4.78, 5) is 27.5. The maximum Gasteiger partial charge on any atom is 0.315 e. The molecule has 1 aromatic rings. The third-order valence-corrected chi connectivity index (χ3v) is 3.96. The summed E-state index contributed by atoms with van der Waals surface area (Å²) in [7, 11) is 3.97. The molecule has 1 fully saturated rings. The minimum Gasteiger partial charge on any atom is -0.378 e. The van der Waals surface area contributed by atoms with Gasteiger partial charge in [-0.2, -0.15) is 0 Å². The van der Waals surface area contributed by atoms with E-state index < -0.39 is 0 Å². The van der Waals surface area contributed by atoms with Crippen LogP contribution in [0.2, 0.25) is 0 Å². The topological polar surface area (TPSA) is 64.7 Å². The highest BCUT2D eigenvalue weighted by Crippen LogP contribution is 2.13. The fourth-order valence-electron chi connectivity index (χ4n) is 2.60. The molecule has 2 N–H and O–H groups in total. The van der Waals surface area contributed by atoms with Gasteiger partial charge < -0.3 is 20.4 Å². The molecule has 0 aliphatic carbocycles. The number of hydrogen-bond acceptors (Lipinski definition) is 3. The number of hydrogen-bond donors (Lipinski definition) is 2. The van der Waals surface area contributed by atoms with Crippen LogP contribution in [0.15, 0.2) is 24.3 Å². The van der Waals surface area contributed by atoms with Crippen molar-refractivity contribution in [2.75, 3.05) is 38.6 Å². The maximum atomic E-state index is 11.9. The van der Waals surface area contributed by atoms with Gasteiger partial charge in [-0.3, -0.25) is 4.79 Å². The van der Waals surface area contributed by atoms with Gasteiger partial charge in [-0.15, -0.1) is 0 Å². The largest absolute Gasteiger partial charge is 0.378 e. The van der Waals surface area contributed by atoms with Gasteiger partial charge in [0.05, 0.1) is 0 Å². The molecule has 0 atom stereocenters. The third-order valence-electron chi connectivity index (χ3n) is 3.96. The van der Waals surface area contributed by atoms with Crippen LogP contribution in [0.3, 0.4) is 0 Å². The fourth-order valence-corrected chi connectivity index (χ4v) is 2.60. The molecule has 126 valence electrons. The SMILES string of the molecule is CN(C)c1cccc(CNC(=O)NCCC(=O)N2CCCC2)c1. The predicted octanol–water partition coefficient (Wildman–Crippen LogP) is 1.56. The van der Waals surface area contributed by atoms with Gasteiger partial charge in [0, 0.05) is 52.4 Å². The molecular weight excluding hydrogens is 292 g/mol. The van der Waals surface area contributed by atoms with Crippen molar-refractivity contribution in [3.63, 3.8) is 0 Å². The average Bonchev–Trinajstić information content (AvgIpc) is 3.07. The molecular formula is C17H26N4O2. The van der Waals surface area contributed by atoms with Gasteiger partial charge >= 0.3 is 6.03 Å². The molecule has 2 rings (SSSR count). The Morgan fingerprint density at radius 1 is 1.17 bits per heavy atom. The second-order valence-electron chi connectivity index (χ2n) is 6.01. The lowest BCUT2D eigenvalue weighted by Gasteiger charge is -2.15. The Labute approximate surface area is 137 Å². The first-order chi connectivity index (χ1) is 11.1. The van der Waals surface area contributed by atoms with E-state index in [4.69, 9.17) is 0 Å². The Morgan fingerprint density at radius 2 is 1.91 bits per heavy atom. The Kier molecular flexibility index (Phi) is 6.26. The molecule has 0 saturated carbocycles. The van der Waals surface area contributed by atoms with Crippen molar-refractivity contribution in [2.45, 2.75) is 25.8 Å². The van der Waals surface area contributed by atoms with Gasteiger partial charge in [-0.05, 0) is 30.5 Å². The van der Waals surface area contributed by atoms with Gasteiger partial charge in [0.1, 0.15) is 0 Å². The van der Waals surface area contributed by atoms with E-state index in [1.807, 2.05) is 48.2 Å². The average molecular weight is 318 g/mol. The van der Waals surface area contributed by atoms with Crippen LogP contribution >= 0.6 is 0 Å². The number of rotatable bonds is 6. The zero-order valence-electron chi connectivity index (χ0n) is 14.0. The van der Waals surface area contributed by atoms with E-state index in [9.17, 15) is 9.59 Å². The normalized spacial score (nSPS) is 13.7. The molecule has 1 aromatic carbocycles. The zero-order valence-corrected chi connectivity index (χ0v) is 14.0. The summed E-state index contributed by atoms with van der Waals surface area (Å²) in [5.74, 6) is 0.126. The van der Waals surface area contributed by atoms with Crippen molar-refractivity contribution >= 4 is 17.6 Å². The maximum absolute atomic E-state index is 11.9. The van der Waals surface area contributed by atoms with E-state index in [1.165, 1.54) is 0 Å².